The maximum Gasteiger partial charge on any atom is 0.238 e. The molecule has 0 radical (unpaired) electrons. The molecule has 0 saturated carbocycles. The van der Waals surface area contributed by atoms with E-state index < -0.39 is 0 Å². The number of thiocarbonyl (C=S) groups is 1. The van der Waals surface area contributed by atoms with Crippen molar-refractivity contribution in [3.05, 3.63) is 29.8 Å². The molecular weight excluding hydrogens is 288 g/mol. The van der Waals surface area contributed by atoms with Gasteiger partial charge in [-0.1, -0.05) is 12.2 Å². The summed E-state index contributed by atoms with van der Waals surface area (Å²) in [6.45, 7) is 2.12. The van der Waals surface area contributed by atoms with E-state index in [4.69, 9.17) is 18.0 Å². The summed E-state index contributed by atoms with van der Waals surface area (Å²) in [5.41, 5.74) is 6.98. The molecular formula is C14H18N4O2S. The number of benzene rings is 1. The lowest BCUT2D eigenvalue weighted by Crippen LogP contribution is -2.35. The van der Waals surface area contributed by atoms with Gasteiger partial charge in [0.1, 0.15) is 4.99 Å². The van der Waals surface area contributed by atoms with Gasteiger partial charge in [-0.2, -0.15) is 0 Å². The molecule has 7 heteroatoms. The van der Waals surface area contributed by atoms with E-state index in [9.17, 15) is 9.59 Å². The third-order valence-electron chi connectivity index (χ3n) is 3.23. The van der Waals surface area contributed by atoms with E-state index in [-0.39, 0.29) is 18.4 Å². The first-order valence-corrected chi connectivity index (χ1v) is 7.14. The second-order valence-corrected chi connectivity index (χ2v) is 5.31. The van der Waals surface area contributed by atoms with Crippen molar-refractivity contribution in [2.45, 2.75) is 6.42 Å². The fourth-order valence-corrected chi connectivity index (χ4v) is 2.23. The third-order valence-corrected chi connectivity index (χ3v) is 3.46. The van der Waals surface area contributed by atoms with Gasteiger partial charge in [0.2, 0.25) is 11.8 Å². The van der Waals surface area contributed by atoms with Crippen LogP contribution < -0.4 is 16.4 Å². The number of amides is 2. The predicted molar refractivity (Wildman–Crippen MR) is 85.0 cm³/mol. The summed E-state index contributed by atoms with van der Waals surface area (Å²) in [5, 5.41) is 5.59. The summed E-state index contributed by atoms with van der Waals surface area (Å²) in [6.07, 6.45) is 0.427. The van der Waals surface area contributed by atoms with Gasteiger partial charge in [-0.25, -0.2) is 0 Å². The number of nitrogens with zero attached hydrogens (tertiary/aromatic N) is 1. The lowest BCUT2D eigenvalue weighted by Gasteiger charge is -2.18. The van der Waals surface area contributed by atoms with Gasteiger partial charge in [0.05, 0.1) is 6.54 Å². The molecule has 0 aliphatic carbocycles. The summed E-state index contributed by atoms with van der Waals surface area (Å²) in [7, 11) is 0. The lowest BCUT2D eigenvalue weighted by atomic mass is 10.2. The molecule has 1 fully saturated rings. The second kappa shape index (κ2) is 7.14. The molecule has 1 saturated heterocycles. The molecule has 1 heterocycles. The molecule has 2 amide bonds. The van der Waals surface area contributed by atoms with Crippen molar-refractivity contribution in [2.24, 2.45) is 5.73 Å². The van der Waals surface area contributed by atoms with Crippen LogP contribution in [0, 0.1) is 0 Å². The van der Waals surface area contributed by atoms with Gasteiger partial charge in [-0.15, -0.1) is 0 Å². The Labute approximate surface area is 128 Å². The average molecular weight is 306 g/mol. The monoisotopic (exact) mass is 306 g/mol. The molecule has 0 unspecified atom stereocenters. The smallest absolute Gasteiger partial charge is 0.238 e. The zero-order valence-electron chi connectivity index (χ0n) is 11.6. The molecule has 1 aromatic rings. The highest BCUT2D eigenvalue weighted by atomic mass is 32.1. The highest BCUT2D eigenvalue weighted by Crippen LogP contribution is 2.09. The van der Waals surface area contributed by atoms with Gasteiger partial charge >= 0.3 is 0 Å². The van der Waals surface area contributed by atoms with Crippen LogP contribution in [0.2, 0.25) is 0 Å². The Kier molecular flexibility index (Phi) is 5.24. The predicted octanol–water partition coefficient (Wildman–Crippen LogP) is 0.0812. The van der Waals surface area contributed by atoms with Crippen molar-refractivity contribution in [3.8, 4) is 0 Å². The molecule has 0 aromatic heterocycles. The Morgan fingerprint density at radius 3 is 2.71 bits per heavy atom. The van der Waals surface area contributed by atoms with Crippen molar-refractivity contribution in [1.29, 1.82) is 0 Å². The number of carbonyl (C=O) groups excluding carboxylic acids is 2. The Bertz CT molecular complexity index is 544. The summed E-state index contributed by atoms with van der Waals surface area (Å²) in [5.74, 6) is -0.0707. The van der Waals surface area contributed by atoms with Gasteiger partial charge in [0.25, 0.3) is 0 Å². The van der Waals surface area contributed by atoms with E-state index in [1.54, 1.807) is 24.3 Å². The van der Waals surface area contributed by atoms with Crippen molar-refractivity contribution >= 4 is 34.7 Å². The standard InChI is InChI=1S/C14H18N4O2S/c15-14(21)10-1-3-11(4-2-10)17-13(20)9-18-7-5-12(19)16-6-8-18/h1-4H,5-9H2,(H2,15,21)(H,16,19)(H,17,20). The molecule has 112 valence electrons. The van der Waals surface area contributed by atoms with Crippen LogP contribution in [0.1, 0.15) is 12.0 Å². The highest BCUT2D eigenvalue weighted by molar-refractivity contribution is 7.80. The normalized spacial score (nSPS) is 15.9. The Balaban J connectivity index is 1.86. The minimum Gasteiger partial charge on any atom is -0.389 e. The Hall–Kier alpha value is -1.99. The molecule has 0 spiro atoms. The molecule has 1 aromatic carbocycles. The number of hydrogen-bond donors (Lipinski definition) is 3. The molecule has 4 N–H and O–H groups in total. The van der Waals surface area contributed by atoms with E-state index in [1.165, 1.54) is 0 Å². The fraction of sp³-hybridized carbons (Fsp3) is 0.357. The van der Waals surface area contributed by atoms with Crippen LogP contribution in [0.3, 0.4) is 0 Å². The van der Waals surface area contributed by atoms with Crippen LogP contribution in [-0.4, -0.2) is 47.9 Å². The summed E-state index contributed by atoms with van der Waals surface area (Å²) >= 11 is 4.87. The minimum absolute atomic E-state index is 0.0336. The van der Waals surface area contributed by atoms with E-state index in [0.717, 1.165) is 5.56 Å². The van der Waals surface area contributed by atoms with Crippen LogP contribution in [0.5, 0.6) is 0 Å². The first kappa shape index (κ1) is 15.4. The second-order valence-electron chi connectivity index (χ2n) is 4.87. The third kappa shape index (κ3) is 4.80. The van der Waals surface area contributed by atoms with Crippen LogP contribution in [0.25, 0.3) is 0 Å². The van der Waals surface area contributed by atoms with Crippen molar-refractivity contribution in [3.63, 3.8) is 0 Å². The number of carbonyl (C=O) groups is 2. The number of hydrogen-bond acceptors (Lipinski definition) is 4. The van der Waals surface area contributed by atoms with E-state index in [1.807, 2.05) is 4.90 Å². The first-order chi connectivity index (χ1) is 10.0. The van der Waals surface area contributed by atoms with Gasteiger partial charge in [-0.05, 0) is 24.3 Å². The molecule has 1 aliphatic rings. The maximum absolute atomic E-state index is 12.0. The summed E-state index contributed by atoms with van der Waals surface area (Å²) in [4.78, 5) is 25.5. The van der Waals surface area contributed by atoms with Crippen LogP contribution in [0.4, 0.5) is 5.69 Å². The molecule has 0 bridgehead atoms. The minimum atomic E-state index is -0.104. The molecule has 0 atom stereocenters. The molecule has 1 aliphatic heterocycles. The number of anilines is 1. The van der Waals surface area contributed by atoms with Crippen molar-refractivity contribution in [1.82, 2.24) is 10.2 Å². The van der Waals surface area contributed by atoms with E-state index in [0.29, 0.717) is 36.7 Å². The van der Waals surface area contributed by atoms with Gasteiger partial charge in [-0.3, -0.25) is 14.5 Å². The van der Waals surface area contributed by atoms with Crippen molar-refractivity contribution < 1.29 is 9.59 Å². The Morgan fingerprint density at radius 2 is 2.05 bits per heavy atom. The van der Waals surface area contributed by atoms with E-state index >= 15 is 0 Å². The fourth-order valence-electron chi connectivity index (χ4n) is 2.09. The van der Waals surface area contributed by atoms with Crippen LogP contribution in [-0.2, 0) is 9.59 Å². The van der Waals surface area contributed by atoms with Crippen LogP contribution in [0.15, 0.2) is 24.3 Å². The summed E-state index contributed by atoms with van der Waals surface area (Å²) in [6, 6.07) is 7.07. The quantitative estimate of drug-likeness (QED) is 0.686. The van der Waals surface area contributed by atoms with E-state index in [2.05, 4.69) is 10.6 Å². The topological polar surface area (TPSA) is 87.5 Å². The SMILES string of the molecule is NC(=S)c1ccc(NC(=O)CN2CCNC(=O)CC2)cc1. The average Bonchev–Trinajstić information content (AvgIpc) is 2.64. The Morgan fingerprint density at radius 1 is 1.33 bits per heavy atom. The highest BCUT2D eigenvalue weighted by Gasteiger charge is 2.16. The molecule has 2 rings (SSSR count). The van der Waals surface area contributed by atoms with Crippen molar-refractivity contribution in [2.75, 3.05) is 31.5 Å². The van der Waals surface area contributed by atoms with Gasteiger partial charge < -0.3 is 16.4 Å². The van der Waals surface area contributed by atoms with Crippen LogP contribution >= 0.6 is 12.2 Å². The molecule has 6 nitrogen and oxygen atoms in total. The number of nitrogens with two attached hydrogens (primary N) is 1. The number of nitrogens with one attached hydrogen (secondary N) is 2. The zero-order chi connectivity index (χ0) is 15.2. The summed E-state index contributed by atoms with van der Waals surface area (Å²) < 4.78 is 0. The maximum atomic E-state index is 12.0. The number of rotatable bonds is 4. The lowest BCUT2D eigenvalue weighted by molar-refractivity contribution is -0.121. The molecule has 21 heavy (non-hydrogen) atoms. The van der Waals surface area contributed by atoms with Gasteiger partial charge in [0, 0.05) is 37.3 Å². The largest absolute Gasteiger partial charge is 0.389 e. The zero-order valence-corrected chi connectivity index (χ0v) is 12.4. The first-order valence-electron chi connectivity index (χ1n) is 6.73. The van der Waals surface area contributed by atoms with Gasteiger partial charge in [0.15, 0.2) is 0 Å².